The highest BCUT2D eigenvalue weighted by Gasteiger charge is 2.20. The van der Waals surface area contributed by atoms with Gasteiger partial charge in [0.1, 0.15) is 0 Å². The fourth-order valence-electron chi connectivity index (χ4n) is 2.09. The van der Waals surface area contributed by atoms with Crippen LogP contribution in [0.3, 0.4) is 0 Å². The van der Waals surface area contributed by atoms with E-state index in [1.54, 1.807) is 0 Å². The number of hydrogen-bond donors (Lipinski definition) is 1. The molecule has 0 amide bonds. The average molecular weight is 321 g/mol. The molecular formula is C15H19N3O3S. The van der Waals surface area contributed by atoms with Crippen LogP contribution in [0.15, 0.2) is 27.8 Å². The molecule has 2 aromatic rings. The van der Waals surface area contributed by atoms with Crippen molar-refractivity contribution in [3.05, 3.63) is 29.7 Å². The maximum atomic E-state index is 6.10. The molecule has 0 saturated heterocycles. The van der Waals surface area contributed by atoms with Crippen LogP contribution in [0, 0.1) is 5.92 Å². The summed E-state index contributed by atoms with van der Waals surface area (Å²) in [6, 6.07) is 5.67. The first-order valence-electron chi connectivity index (χ1n) is 7.27. The maximum absolute atomic E-state index is 6.10. The number of hydrogen-bond acceptors (Lipinski definition) is 7. The molecule has 1 aliphatic rings. The molecule has 22 heavy (non-hydrogen) atoms. The Labute approximate surface area is 133 Å². The standard InChI is InChI=1S/C15H19N3O3S/c1-3-9(2)13(16)14-17-18-15(21-14)22-7-10-4-5-11-12(6-10)20-8-19-11/h4-6,9,13H,3,7-8,16H2,1-2H3/t9-,13+/m1/s1. The van der Waals surface area contributed by atoms with E-state index in [0.29, 0.717) is 17.0 Å². The van der Waals surface area contributed by atoms with E-state index in [-0.39, 0.29) is 12.8 Å². The average Bonchev–Trinajstić information content (AvgIpc) is 3.19. The van der Waals surface area contributed by atoms with Crippen LogP contribution in [-0.4, -0.2) is 17.0 Å². The zero-order valence-corrected chi connectivity index (χ0v) is 13.4. The van der Waals surface area contributed by atoms with Crippen LogP contribution >= 0.6 is 11.8 Å². The van der Waals surface area contributed by atoms with Crippen LogP contribution in [0.5, 0.6) is 11.5 Å². The van der Waals surface area contributed by atoms with E-state index in [1.807, 2.05) is 18.2 Å². The second-order valence-corrected chi connectivity index (χ2v) is 6.22. The van der Waals surface area contributed by atoms with Gasteiger partial charge in [-0.25, -0.2) is 0 Å². The van der Waals surface area contributed by atoms with Gasteiger partial charge in [0, 0.05) is 5.75 Å². The lowest BCUT2D eigenvalue weighted by Crippen LogP contribution is -2.18. The van der Waals surface area contributed by atoms with Gasteiger partial charge in [-0.3, -0.25) is 0 Å². The van der Waals surface area contributed by atoms with Crippen molar-refractivity contribution in [1.82, 2.24) is 10.2 Å². The van der Waals surface area contributed by atoms with Gasteiger partial charge in [-0.2, -0.15) is 0 Å². The van der Waals surface area contributed by atoms with E-state index in [2.05, 4.69) is 24.0 Å². The molecule has 0 radical (unpaired) electrons. The molecular weight excluding hydrogens is 302 g/mol. The van der Waals surface area contributed by atoms with Gasteiger partial charge in [-0.05, 0) is 23.6 Å². The fourth-order valence-corrected chi connectivity index (χ4v) is 2.80. The van der Waals surface area contributed by atoms with Crippen molar-refractivity contribution in [3.63, 3.8) is 0 Å². The molecule has 1 aliphatic heterocycles. The highest BCUT2D eigenvalue weighted by Crippen LogP contribution is 2.34. The molecule has 7 heteroatoms. The number of benzene rings is 1. The molecule has 0 unspecified atom stereocenters. The van der Waals surface area contributed by atoms with Gasteiger partial charge in [0.15, 0.2) is 11.5 Å². The Hall–Kier alpha value is -1.73. The number of aromatic nitrogens is 2. The Bertz CT molecular complexity index is 647. The molecule has 1 aromatic heterocycles. The van der Waals surface area contributed by atoms with E-state index < -0.39 is 0 Å². The van der Waals surface area contributed by atoms with Crippen molar-refractivity contribution in [2.75, 3.05) is 6.79 Å². The van der Waals surface area contributed by atoms with Crippen LogP contribution < -0.4 is 15.2 Å². The molecule has 2 N–H and O–H groups in total. The molecule has 0 spiro atoms. The second-order valence-electron chi connectivity index (χ2n) is 5.29. The number of fused-ring (bicyclic) bond motifs is 1. The first kappa shape index (κ1) is 15.2. The third-order valence-corrected chi connectivity index (χ3v) is 4.65. The summed E-state index contributed by atoms with van der Waals surface area (Å²) in [4.78, 5) is 0. The maximum Gasteiger partial charge on any atom is 0.276 e. The van der Waals surface area contributed by atoms with Crippen molar-refractivity contribution in [1.29, 1.82) is 0 Å². The monoisotopic (exact) mass is 321 g/mol. The minimum absolute atomic E-state index is 0.211. The first-order chi connectivity index (χ1) is 10.7. The van der Waals surface area contributed by atoms with E-state index in [0.717, 1.165) is 29.2 Å². The van der Waals surface area contributed by atoms with Gasteiger partial charge in [-0.1, -0.05) is 38.1 Å². The Morgan fingerprint density at radius 3 is 2.91 bits per heavy atom. The predicted molar refractivity (Wildman–Crippen MR) is 82.8 cm³/mol. The van der Waals surface area contributed by atoms with E-state index in [4.69, 9.17) is 19.6 Å². The Morgan fingerprint density at radius 1 is 1.27 bits per heavy atom. The summed E-state index contributed by atoms with van der Waals surface area (Å²) in [5.74, 6) is 3.10. The summed E-state index contributed by atoms with van der Waals surface area (Å²) >= 11 is 1.48. The number of thioether (sulfide) groups is 1. The SMILES string of the molecule is CC[C@@H](C)[C@H](N)c1nnc(SCc2ccc3c(c2)OCO3)o1. The quantitative estimate of drug-likeness (QED) is 0.818. The Kier molecular flexibility index (Phi) is 4.54. The molecule has 0 aliphatic carbocycles. The second kappa shape index (κ2) is 6.58. The summed E-state index contributed by atoms with van der Waals surface area (Å²) in [6.45, 7) is 4.46. The van der Waals surface area contributed by atoms with E-state index in [9.17, 15) is 0 Å². The van der Waals surface area contributed by atoms with Crippen LogP contribution in [0.4, 0.5) is 0 Å². The third-order valence-electron chi connectivity index (χ3n) is 3.76. The van der Waals surface area contributed by atoms with Crippen molar-refractivity contribution in [2.45, 2.75) is 37.3 Å². The molecule has 3 rings (SSSR count). The lowest BCUT2D eigenvalue weighted by atomic mass is 10.0. The number of ether oxygens (including phenoxy) is 2. The minimum atomic E-state index is -0.211. The molecule has 0 fully saturated rings. The van der Waals surface area contributed by atoms with Crippen LogP contribution in [0.25, 0.3) is 0 Å². The molecule has 1 aromatic carbocycles. The van der Waals surface area contributed by atoms with Crippen molar-refractivity contribution < 1.29 is 13.9 Å². The normalized spacial score (nSPS) is 15.8. The number of rotatable bonds is 6. The van der Waals surface area contributed by atoms with Gasteiger partial charge in [0.25, 0.3) is 5.22 Å². The van der Waals surface area contributed by atoms with Gasteiger partial charge in [0.2, 0.25) is 12.7 Å². The third kappa shape index (κ3) is 3.20. The highest BCUT2D eigenvalue weighted by atomic mass is 32.2. The summed E-state index contributed by atoms with van der Waals surface area (Å²) in [6.07, 6.45) is 0.975. The summed E-state index contributed by atoms with van der Waals surface area (Å²) in [5, 5.41) is 8.63. The molecule has 2 atom stereocenters. The zero-order chi connectivity index (χ0) is 15.5. The topological polar surface area (TPSA) is 83.4 Å². The summed E-state index contributed by atoms with van der Waals surface area (Å²) < 4.78 is 16.3. The lowest BCUT2D eigenvalue weighted by molar-refractivity contribution is 0.174. The number of nitrogens with two attached hydrogens (primary N) is 1. The van der Waals surface area contributed by atoms with Crippen molar-refractivity contribution >= 4 is 11.8 Å². The molecule has 118 valence electrons. The predicted octanol–water partition coefficient (Wildman–Crippen LogP) is 3.14. The Morgan fingerprint density at radius 2 is 2.09 bits per heavy atom. The van der Waals surface area contributed by atoms with E-state index >= 15 is 0 Å². The molecule has 0 saturated carbocycles. The number of nitrogens with zero attached hydrogens (tertiary/aromatic N) is 2. The van der Waals surface area contributed by atoms with Crippen LogP contribution in [0.2, 0.25) is 0 Å². The lowest BCUT2D eigenvalue weighted by Gasteiger charge is -2.13. The van der Waals surface area contributed by atoms with Crippen LogP contribution in [-0.2, 0) is 5.75 Å². The molecule has 2 heterocycles. The Balaban J connectivity index is 1.61. The van der Waals surface area contributed by atoms with Crippen molar-refractivity contribution in [3.8, 4) is 11.5 Å². The summed E-state index contributed by atoms with van der Waals surface area (Å²) in [5.41, 5.74) is 7.21. The van der Waals surface area contributed by atoms with E-state index in [1.165, 1.54) is 11.8 Å². The molecule has 6 nitrogen and oxygen atoms in total. The molecule has 0 bridgehead atoms. The fraction of sp³-hybridized carbons (Fsp3) is 0.467. The smallest absolute Gasteiger partial charge is 0.276 e. The first-order valence-corrected chi connectivity index (χ1v) is 8.26. The van der Waals surface area contributed by atoms with Crippen LogP contribution in [0.1, 0.15) is 37.8 Å². The van der Waals surface area contributed by atoms with Gasteiger partial charge >= 0.3 is 0 Å². The largest absolute Gasteiger partial charge is 0.454 e. The highest BCUT2D eigenvalue weighted by molar-refractivity contribution is 7.98. The van der Waals surface area contributed by atoms with Gasteiger partial charge in [0.05, 0.1) is 6.04 Å². The minimum Gasteiger partial charge on any atom is -0.454 e. The van der Waals surface area contributed by atoms with Crippen molar-refractivity contribution in [2.24, 2.45) is 11.7 Å². The zero-order valence-electron chi connectivity index (χ0n) is 12.6. The summed E-state index contributed by atoms with van der Waals surface area (Å²) in [7, 11) is 0. The van der Waals surface area contributed by atoms with Gasteiger partial charge in [-0.15, -0.1) is 10.2 Å². The van der Waals surface area contributed by atoms with Gasteiger partial charge < -0.3 is 19.6 Å².